The molecule has 3 aromatic rings. The second-order valence-electron chi connectivity index (χ2n) is 7.31. The zero-order valence-corrected chi connectivity index (χ0v) is 16.6. The number of aryl methyl sites for hydroxylation is 2. The second-order valence-corrected chi connectivity index (χ2v) is 7.31. The predicted octanol–water partition coefficient (Wildman–Crippen LogP) is 4.03. The minimum atomic E-state index is 0.762. The van der Waals surface area contributed by atoms with E-state index in [1.54, 1.807) is 0 Å². The van der Waals surface area contributed by atoms with Crippen LogP contribution in [0.2, 0.25) is 0 Å². The van der Waals surface area contributed by atoms with Crippen LogP contribution in [0.3, 0.4) is 0 Å². The highest BCUT2D eigenvalue weighted by Gasteiger charge is 2.19. The lowest BCUT2D eigenvalue weighted by atomic mass is 10.2. The van der Waals surface area contributed by atoms with Crippen molar-refractivity contribution in [2.75, 3.05) is 41.3 Å². The molecule has 1 N–H and O–H groups in total. The van der Waals surface area contributed by atoms with Gasteiger partial charge in [-0.1, -0.05) is 42.5 Å². The number of piperazine rings is 1. The van der Waals surface area contributed by atoms with Gasteiger partial charge in [0.25, 0.3) is 0 Å². The SMILES string of the molecule is Cc1cccc(N2CCN(c3cc(NCc4ccccc4)nc(C)n3)CC2)c1. The quantitative estimate of drug-likeness (QED) is 0.731. The molecular formula is C23H27N5. The Balaban J connectivity index is 1.41. The molecule has 144 valence electrons. The first kappa shape index (κ1) is 18.3. The van der Waals surface area contributed by atoms with Gasteiger partial charge in [0.05, 0.1) is 0 Å². The van der Waals surface area contributed by atoms with E-state index >= 15 is 0 Å². The third kappa shape index (κ3) is 4.42. The van der Waals surface area contributed by atoms with Crippen LogP contribution in [0.15, 0.2) is 60.7 Å². The van der Waals surface area contributed by atoms with Crippen molar-refractivity contribution in [3.8, 4) is 0 Å². The molecule has 1 aromatic heterocycles. The van der Waals surface area contributed by atoms with E-state index in [0.29, 0.717) is 0 Å². The van der Waals surface area contributed by atoms with Gasteiger partial charge in [-0.15, -0.1) is 0 Å². The third-order valence-electron chi connectivity index (χ3n) is 5.11. The smallest absolute Gasteiger partial charge is 0.134 e. The fraction of sp³-hybridized carbons (Fsp3) is 0.304. The van der Waals surface area contributed by atoms with Gasteiger partial charge in [0.1, 0.15) is 17.5 Å². The van der Waals surface area contributed by atoms with E-state index in [9.17, 15) is 0 Å². The standard InChI is InChI=1S/C23H27N5/c1-18-7-6-10-21(15-18)27-11-13-28(14-12-27)23-16-22(25-19(2)26-23)24-17-20-8-4-3-5-9-20/h3-10,15-16H,11-14,17H2,1-2H3,(H,24,25,26). The van der Waals surface area contributed by atoms with E-state index in [2.05, 4.69) is 86.6 Å². The van der Waals surface area contributed by atoms with Gasteiger partial charge in [-0.3, -0.25) is 0 Å². The molecule has 2 heterocycles. The number of aromatic nitrogens is 2. The largest absolute Gasteiger partial charge is 0.368 e. The lowest BCUT2D eigenvalue weighted by molar-refractivity contribution is 0.645. The molecule has 0 spiro atoms. The number of anilines is 3. The van der Waals surface area contributed by atoms with E-state index in [0.717, 1.165) is 50.2 Å². The molecule has 0 atom stereocenters. The summed E-state index contributed by atoms with van der Waals surface area (Å²) in [4.78, 5) is 14.0. The van der Waals surface area contributed by atoms with Crippen LogP contribution in [-0.4, -0.2) is 36.1 Å². The average molecular weight is 374 g/mol. The minimum Gasteiger partial charge on any atom is -0.368 e. The van der Waals surface area contributed by atoms with Crippen molar-refractivity contribution in [3.63, 3.8) is 0 Å². The molecule has 0 unspecified atom stereocenters. The average Bonchev–Trinajstić information content (AvgIpc) is 2.73. The summed E-state index contributed by atoms with van der Waals surface area (Å²) in [5, 5.41) is 3.43. The molecular weight excluding hydrogens is 346 g/mol. The monoisotopic (exact) mass is 373 g/mol. The van der Waals surface area contributed by atoms with Gasteiger partial charge >= 0.3 is 0 Å². The van der Waals surface area contributed by atoms with Crippen molar-refractivity contribution in [1.82, 2.24) is 9.97 Å². The summed E-state index contributed by atoms with van der Waals surface area (Å²) >= 11 is 0. The first-order chi connectivity index (χ1) is 13.7. The van der Waals surface area contributed by atoms with Crippen molar-refractivity contribution in [1.29, 1.82) is 0 Å². The van der Waals surface area contributed by atoms with Crippen LogP contribution in [0.25, 0.3) is 0 Å². The topological polar surface area (TPSA) is 44.3 Å². The number of rotatable bonds is 5. The van der Waals surface area contributed by atoms with E-state index in [-0.39, 0.29) is 0 Å². The molecule has 0 bridgehead atoms. The lowest BCUT2D eigenvalue weighted by Gasteiger charge is -2.37. The van der Waals surface area contributed by atoms with Gasteiger partial charge in [-0.25, -0.2) is 9.97 Å². The van der Waals surface area contributed by atoms with Crippen LogP contribution in [0, 0.1) is 13.8 Å². The Labute approximate surface area is 167 Å². The molecule has 0 radical (unpaired) electrons. The molecule has 0 saturated carbocycles. The summed E-state index contributed by atoms with van der Waals surface area (Å²) in [5.41, 5.74) is 3.86. The summed E-state index contributed by atoms with van der Waals surface area (Å²) in [6, 6.07) is 21.2. The molecule has 0 aliphatic carbocycles. The molecule has 0 amide bonds. The van der Waals surface area contributed by atoms with E-state index in [1.807, 2.05) is 13.0 Å². The van der Waals surface area contributed by atoms with Gasteiger partial charge in [0.15, 0.2) is 0 Å². The van der Waals surface area contributed by atoms with E-state index in [1.165, 1.54) is 16.8 Å². The van der Waals surface area contributed by atoms with Gasteiger partial charge in [-0.2, -0.15) is 0 Å². The molecule has 28 heavy (non-hydrogen) atoms. The molecule has 5 heteroatoms. The van der Waals surface area contributed by atoms with Crippen molar-refractivity contribution in [3.05, 3.63) is 77.6 Å². The van der Waals surface area contributed by atoms with Crippen LogP contribution in [0.5, 0.6) is 0 Å². The number of nitrogens with one attached hydrogen (secondary N) is 1. The Bertz CT molecular complexity index is 917. The van der Waals surface area contributed by atoms with E-state index < -0.39 is 0 Å². The molecule has 5 nitrogen and oxygen atoms in total. The number of benzene rings is 2. The first-order valence-corrected chi connectivity index (χ1v) is 9.87. The fourth-order valence-electron chi connectivity index (χ4n) is 3.61. The fourth-order valence-corrected chi connectivity index (χ4v) is 3.61. The minimum absolute atomic E-state index is 0.762. The van der Waals surface area contributed by atoms with Crippen LogP contribution in [0.1, 0.15) is 17.0 Å². The summed E-state index contributed by atoms with van der Waals surface area (Å²) < 4.78 is 0. The van der Waals surface area contributed by atoms with E-state index in [4.69, 9.17) is 0 Å². The Kier molecular flexibility index (Phi) is 5.42. The normalized spacial score (nSPS) is 14.2. The summed E-state index contributed by atoms with van der Waals surface area (Å²) in [7, 11) is 0. The predicted molar refractivity (Wildman–Crippen MR) is 116 cm³/mol. The number of hydrogen-bond acceptors (Lipinski definition) is 5. The van der Waals surface area contributed by atoms with Crippen molar-refractivity contribution in [2.45, 2.75) is 20.4 Å². The highest BCUT2D eigenvalue weighted by molar-refractivity contribution is 5.53. The zero-order chi connectivity index (χ0) is 19.3. The van der Waals surface area contributed by atoms with Crippen LogP contribution in [-0.2, 0) is 6.54 Å². The van der Waals surface area contributed by atoms with Crippen molar-refractivity contribution in [2.24, 2.45) is 0 Å². The highest BCUT2D eigenvalue weighted by atomic mass is 15.3. The molecule has 4 rings (SSSR count). The van der Waals surface area contributed by atoms with Crippen LogP contribution < -0.4 is 15.1 Å². The summed E-state index contributed by atoms with van der Waals surface area (Å²) in [5.74, 6) is 2.69. The first-order valence-electron chi connectivity index (χ1n) is 9.87. The summed E-state index contributed by atoms with van der Waals surface area (Å²) in [6.45, 7) is 8.79. The van der Waals surface area contributed by atoms with Crippen LogP contribution >= 0.6 is 0 Å². The van der Waals surface area contributed by atoms with Crippen molar-refractivity contribution < 1.29 is 0 Å². The highest BCUT2D eigenvalue weighted by Crippen LogP contribution is 2.22. The number of nitrogens with zero attached hydrogens (tertiary/aromatic N) is 4. The number of hydrogen-bond donors (Lipinski definition) is 1. The Morgan fingerprint density at radius 3 is 2.32 bits per heavy atom. The maximum atomic E-state index is 4.68. The summed E-state index contributed by atoms with van der Waals surface area (Å²) in [6.07, 6.45) is 0. The molecule has 2 aromatic carbocycles. The Hall–Kier alpha value is -3.08. The van der Waals surface area contributed by atoms with Crippen LogP contribution in [0.4, 0.5) is 17.3 Å². The third-order valence-corrected chi connectivity index (χ3v) is 5.11. The maximum absolute atomic E-state index is 4.68. The van der Waals surface area contributed by atoms with Gasteiger partial charge in [-0.05, 0) is 37.1 Å². The maximum Gasteiger partial charge on any atom is 0.134 e. The molecule has 1 fully saturated rings. The van der Waals surface area contributed by atoms with Crippen molar-refractivity contribution >= 4 is 17.3 Å². The van der Waals surface area contributed by atoms with Gasteiger partial charge in [0, 0.05) is 44.5 Å². The Morgan fingerprint density at radius 2 is 1.57 bits per heavy atom. The molecule has 1 aliphatic heterocycles. The molecule has 1 saturated heterocycles. The Morgan fingerprint density at radius 1 is 0.821 bits per heavy atom. The van der Waals surface area contributed by atoms with Gasteiger partial charge in [0.2, 0.25) is 0 Å². The van der Waals surface area contributed by atoms with Gasteiger partial charge < -0.3 is 15.1 Å². The second kappa shape index (κ2) is 8.30. The zero-order valence-electron chi connectivity index (χ0n) is 16.6. The molecule has 1 aliphatic rings. The lowest BCUT2D eigenvalue weighted by Crippen LogP contribution is -2.47.